The maximum absolute atomic E-state index is 10.4. The molecule has 0 bridgehead atoms. The van der Waals surface area contributed by atoms with Crippen LogP contribution in [0.4, 0.5) is 0 Å². The minimum absolute atomic E-state index is 0. The molecule has 0 amide bonds. The molecule has 0 aromatic heterocycles. The summed E-state index contributed by atoms with van der Waals surface area (Å²) in [6, 6.07) is 14.2. The Labute approximate surface area is 150 Å². The van der Waals surface area contributed by atoms with Crippen LogP contribution in [-0.2, 0) is 0 Å². The Morgan fingerprint density at radius 1 is 0.957 bits per heavy atom. The second kappa shape index (κ2) is 9.26. The van der Waals surface area contributed by atoms with E-state index in [0.29, 0.717) is 6.61 Å². The van der Waals surface area contributed by atoms with Gasteiger partial charge in [0, 0.05) is 5.39 Å². The molecule has 0 spiro atoms. The zero-order valence-electron chi connectivity index (χ0n) is 14.3. The van der Waals surface area contributed by atoms with E-state index in [1.54, 1.807) is 0 Å². The molecule has 0 fully saturated rings. The number of nitrogens with zero attached hydrogens (tertiary/aromatic N) is 1. The van der Waals surface area contributed by atoms with Crippen molar-refractivity contribution in [2.24, 2.45) is 0 Å². The Bertz CT molecular complexity index is 585. The summed E-state index contributed by atoms with van der Waals surface area (Å²) < 4.78 is 6.83. The van der Waals surface area contributed by atoms with Crippen molar-refractivity contribution < 1.29 is 31.3 Å². The fraction of sp³-hybridized carbons (Fsp3) is 0.474. The minimum Gasteiger partial charge on any atom is -1.00 e. The van der Waals surface area contributed by atoms with Gasteiger partial charge in [-0.3, -0.25) is 0 Å². The number of aliphatic hydroxyl groups is 1. The Morgan fingerprint density at radius 3 is 2.22 bits per heavy atom. The van der Waals surface area contributed by atoms with Crippen LogP contribution in [0.3, 0.4) is 0 Å². The highest BCUT2D eigenvalue weighted by Crippen LogP contribution is 2.25. The van der Waals surface area contributed by atoms with E-state index < -0.39 is 6.10 Å². The average molecular weight is 382 g/mol. The zero-order valence-corrected chi connectivity index (χ0v) is 15.9. The Hall–Kier alpha value is -1.10. The largest absolute Gasteiger partial charge is 1.00 e. The van der Waals surface area contributed by atoms with E-state index in [-0.39, 0.29) is 17.0 Å². The van der Waals surface area contributed by atoms with Crippen LogP contribution in [0, 0.1) is 0 Å². The van der Waals surface area contributed by atoms with E-state index in [1.165, 1.54) is 0 Å². The molecule has 23 heavy (non-hydrogen) atoms. The SMILES string of the molecule is CC[N+](CC)(CC)CC(O)COc1cccc2ccccc12.[Br-]. The number of fused-ring (bicyclic) bond motifs is 1. The molecule has 0 aliphatic heterocycles. The zero-order chi connectivity index (χ0) is 16.0. The number of aliphatic hydroxyl groups excluding tert-OH is 1. The third-order valence-electron chi connectivity index (χ3n) is 4.79. The summed E-state index contributed by atoms with van der Waals surface area (Å²) in [5.74, 6) is 0.847. The van der Waals surface area contributed by atoms with Crippen molar-refractivity contribution in [2.45, 2.75) is 26.9 Å². The highest BCUT2D eigenvalue weighted by atomic mass is 79.9. The highest BCUT2D eigenvalue weighted by Gasteiger charge is 2.25. The van der Waals surface area contributed by atoms with Gasteiger partial charge < -0.3 is 31.3 Å². The molecule has 0 aliphatic rings. The lowest BCUT2D eigenvalue weighted by Gasteiger charge is -2.37. The first kappa shape index (κ1) is 19.9. The van der Waals surface area contributed by atoms with E-state index in [2.05, 4.69) is 39.0 Å². The van der Waals surface area contributed by atoms with Crippen LogP contribution in [-0.4, -0.2) is 48.5 Å². The second-order valence-corrected chi connectivity index (χ2v) is 5.92. The fourth-order valence-corrected chi connectivity index (χ4v) is 3.07. The number of rotatable bonds is 8. The summed E-state index contributed by atoms with van der Waals surface area (Å²) in [4.78, 5) is 0. The van der Waals surface area contributed by atoms with E-state index in [9.17, 15) is 5.11 Å². The second-order valence-electron chi connectivity index (χ2n) is 5.92. The standard InChI is InChI=1S/C19H28NO2.BrH/c1-4-20(5-2,6-3)14-17(21)15-22-19-13-9-11-16-10-7-8-12-18(16)19;/h7-13,17,21H,4-6,14-15H2,1-3H3;1H/q+1;/p-1. The predicted octanol–water partition coefficient (Wildman–Crippen LogP) is 0.460. The number of quaternary nitrogens is 1. The van der Waals surface area contributed by atoms with Gasteiger partial charge in [-0.15, -0.1) is 0 Å². The summed E-state index contributed by atoms with van der Waals surface area (Å²) in [6.45, 7) is 10.8. The normalized spacial score (nSPS) is 12.7. The molecule has 0 saturated carbocycles. The summed E-state index contributed by atoms with van der Waals surface area (Å²) in [5, 5.41) is 12.6. The molecule has 0 aliphatic carbocycles. The van der Waals surface area contributed by atoms with Crippen LogP contribution in [0.15, 0.2) is 42.5 Å². The number of benzene rings is 2. The van der Waals surface area contributed by atoms with E-state index in [0.717, 1.165) is 47.2 Å². The molecule has 0 saturated heterocycles. The molecule has 0 radical (unpaired) electrons. The van der Waals surface area contributed by atoms with E-state index in [4.69, 9.17) is 4.74 Å². The van der Waals surface area contributed by atoms with Crippen LogP contribution < -0.4 is 21.7 Å². The van der Waals surface area contributed by atoms with Gasteiger partial charge in [0.25, 0.3) is 0 Å². The summed E-state index contributed by atoms with van der Waals surface area (Å²) in [7, 11) is 0. The summed E-state index contributed by atoms with van der Waals surface area (Å²) in [6.07, 6.45) is -0.446. The lowest BCUT2D eigenvalue weighted by Crippen LogP contribution is -3.00. The van der Waals surface area contributed by atoms with Crippen molar-refractivity contribution in [1.29, 1.82) is 0 Å². The van der Waals surface area contributed by atoms with Gasteiger partial charge in [0.2, 0.25) is 0 Å². The number of likely N-dealkylation sites (N-methyl/N-ethyl adjacent to an activating group) is 1. The van der Waals surface area contributed by atoms with Gasteiger partial charge >= 0.3 is 0 Å². The van der Waals surface area contributed by atoms with Crippen LogP contribution in [0.1, 0.15) is 20.8 Å². The third kappa shape index (κ3) is 4.93. The van der Waals surface area contributed by atoms with E-state index >= 15 is 0 Å². The first-order valence-corrected chi connectivity index (χ1v) is 8.28. The predicted molar refractivity (Wildman–Crippen MR) is 92.2 cm³/mol. The molecule has 1 unspecified atom stereocenters. The molecular formula is C19H28BrNO2. The van der Waals surface area contributed by atoms with Gasteiger partial charge in [-0.05, 0) is 32.2 Å². The van der Waals surface area contributed by atoms with Crippen LogP contribution >= 0.6 is 0 Å². The Kier molecular flexibility index (Phi) is 8.03. The van der Waals surface area contributed by atoms with Crippen molar-refractivity contribution in [1.82, 2.24) is 0 Å². The van der Waals surface area contributed by atoms with Crippen molar-refractivity contribution in [3.63, 3.8) is 0 Å². The first-order valence-electron chi connectivity index (χ1n) is 8.28. The molecule has 2 aromatic rings. The topological polar surface area (TPSA) is 29.5 Å². The van der Waals surface area contributed by atoms with Crippen molar-refractivity contribution >= 4 is 10.8 Å². The fourth-order valence-electron chi connectivity index (χ4n) is 3.07. The molecule has 2 aromatic carbocycles. The van der Waals surface area contributed by atoms with Crippen molar-refractivity contribution in [3.8, 4) is 5.75 Å². The van der Waals surface area contributed by atoms with Gasteiger partial charge in [-0.1, -0.05) is 36.4 Å². The Balaban J connectivity index is 0.00000264. The monoisotopic (exact) mass is 381 g/mol. The molecule has 1 atom stereocenters. The molecule has 128 valence electrons. The van der Waals surface area contributed by atoms with Crippen LogP contribution in [0.25, 0.3) is 10.8 Å². The summed E-state index contributed by atoms with van der Waals surface area (Å²) >= 11 is 0. The maximum atomic E-state index is 10.4. The van der Waals surface area contributed by atoms with Crippen LogP contribution in [0.2, 0.25) is 0 Å². The quantitative estimate of drug-likeness (QED) is 0.673. The van der Waals surface area contributed by atoms with Crippen molar-refractivity contribution in [3.05, 3.63) is 42.5 Å². The summed E-state index contributed by atoms with van der Waals surface area (Å²) in [5.41, 5.74) is 0. The molecule has 1 N–H and O–H groups in total. The van der Waals surface area contributed by atoms with Gasteiger partial charge in [0.1, 0.15) is 25.0 Å². The van der Waals surface area contributed by atoms with E-state index in [1.807, 2.05) is 24.3 Å². The molecule has 2 rings (SSSR count). The first-order chi connectivity index (χ1) is 10.6. The van der Waals surface area contributed by atoms with Gasteiger partial charge in [-0.2, -0.15) is 0 Å². The smallest absolute Gasteiger partial charge is 0.137 e. The number of hydrogen-bond acceptors (Lipinski definition) is 2. The lowest BCUT2D eigenvalue weighted by atomic mass is 10.1. The number of hydrogen-bond donors (Lipinski definition) is 1. The van der Waals surface area contributed by atoms with Gasteiger partial charge in [0.15, 0.2) is 0 Å². The number of halogens is 1. The molecule has 4 heteroatoms. The van der Waals surface area contributed by atoms with Gasteiger partial charge in [-0.25, -0.2) is 0 Å². The minimum atomic E-state index is -0.446. The molecule has 0 heterocycles. The maximum Gasteiger partial charge on any atom is 0.137 e. The van der Waals surface area contributed by atoms with Crippen molar-refractivity contribution in [2.75, 3.05) is 32.8 Å². The highest BCUT2D eigenvalue weighted by molar-refractivity contribution is 5.88. The molecule has 3 nitrogen and oxygen atoms in total. The van der Waals surface area contributed by atoms with Gasteiger partial charge in [0.05, 0.1) is 19.6 Å². The number of ether oxygens (including phenoxy) is 1. The third-order valence-corrected chi connectivity index (χ3v) is 4.79. The van der Waals surface area contributed by atoms with Crippen LogP contribution in [0.5, 0.6) is 5.75 Å². The lowest BCUT2D eigenvalue weighted by molar-refractivity contribution is -0.926. The Morgan fingerprint density at radius 2 is 1.57 bits per heavy atom. The average Bonchev–Trinajstić information content (AvgIpc) is 2.58. The molecular weight excluding hydrogens is 354 g/mol.